The maximum absolute atomic E-state index is 10.1. The maximum Gasteiger partial charge on any atom is 2.00 e. The van der Waals surface area contributed by atoms with Crippen LogP contribution in [-0.4, -0.2) is 57.2 Å². The number of aliphatic carboxylic acids is 6. The van der Waals surface area contributed by atoms with Gasteiger partial charge in [0.05, 0.1) is 11.9 Å². The van der Waals surface area contributed by atoms with Crippen molar-refractivity contribution in [3.05, 3.63) is 0 Å². The maximum atomic E-state index is 10.1. The van der Waals surface area contributed by atoms with Crippen molar-refractivity contribution in [3.63, 3.8) is 0 Å². The van der Waals surface area contributed by atoms with E-state index in [0.29, 0.717) is 0 Å². The molecule has 14 nitrogen and oxygen atoms in total. The van der Waals surface area contributed by atoms with Crippen LogP contribution in [0.3, 0.4) is 0 Å². The molecule has 0 saturated heterocycles. The fraction of sp³-hybridized carbons (Fsp3) is 0.500. The van der Waals surface area contributed by atoms with E-state index in [1.807, 2.05) is 0 Å². The molecule has 29 heavy (non-hydrogen) atoms. The number of carboxylic acid groups (broad SMARTS) is 6. The Morgan fingerprint density at radius 1 is 0.483 bits per heavy atom. The third-order valence-electron chi connectivity index (χ3n) is 2.51. The van der Waals surface area contributed by atoms with Gasteiger partial charge in [-0.15, -0.1) is 0 Å². The van der Waals surface area contributed by atoms with Crippen LogP contribution < -0.4 is 30.6 Å². The molecular weight excluding hydrogens is 544 g/mol. The Kier molecular flexibility index (Phi) is 21.0. The minimum atomic E-state index is -2.97. The van der Waals surface area contributed by atoms with Crippen LogP contribution in [0.2, 0.25) is 0 Å². The molecule has 0 heterocycles. The van der Waals surface area contributed by atoms with Gasteiger partial charge in [-0.3, -0.25) is 0 Å². The van der Waals surface area contributed by atoms with Gasteiger partial charge in [0, 0.05) is 49.6 Å². The quantitative estimate of drug-likeness (QED) is 0.237. The van der Waals surface area contributed by atoms with Crippen LogP contribution in [0.1, 0.15) is 25.7 Å². The van der Waals surface area contributed by atoms with Gasteiger partial charge in [-0.2, -0.15) is 0 Å². The van der Waals surface area contributed by atoms with E-state index in [2.05, 4.69) is 0 Å². The van der Waals surface area contributed by atoms with Crippen molar-refractivity contribution in [2.45, 2.75) is 36.9 Å². The molecule has 0 aromatic rings. The molecule has 0 saturated carbocycles. The smallest absolute Gasteiger partial charge is 0.550 e. The summed E-state index contributed by atoms with van der Waals surface area (Å²) in [6, 6.07) is 0. The van der Waals surface area contributed by atoms with E-state index in [-0.39, 0.29) is 49.5 Å². The van der Waals surface area contributed by atoms with Crippen LogP contribution in [-0.2, 0) is 78.2 Å². The van der Waals surface area contributed by atoms with E-state index in [1.165, 1.54) is 0 Å². The minimum absolute atomic E-state index is 0. The van der Waals surface area contributed by atoms with Gasteiger partial charge in [0.1, 0.15) is 11.2 Å². The number of carbonyl (C=O) groups is 6. The molecule has 0 amide bonds. The van der Waals surface area contributed by atoms with Crippen molar-refractivity contribution in [1.82, 2.24) is 0 Å². The number of rotatable bonds is 10. The number of carboxylic acids is 6. The normalized spacial score (nSPS) is 9.72. The minimum Gasteiger partial charge on any atom is -0.550 e. The fourth-order valence-electron chi connectivity index (χ4n) is 1.37. The van der Waals surface area contributed by atoms with Crippen LogP contribution in [0.15, 0.2) is 0 Å². The van der Waals surface area contributed by atoms with Crippen molar-refractivity contribution in [3.8, 4) is 0 Å². The van der Waals surface area contributed by atoms with Crippen molar-refractivity contribution in [1.29, 1.82) is 0 Å². The molecule has 0 aliphatic carbocycles. The van der Waals surface area contributed by atoms with Crippen LogP contribution in [0, 0.1) is 0 Å². The molecule has 0 aromatic heterocycles. The van der Waals surface area contributed by atoms with Crippen LogP contribution in [0.5, 0.6) is 0 Å². The predicted molar refractivity (Wildman–Crippen MR) is 58.4 cm³/mol. The Morgan fingerprint density at radius 3 is 0.690 bits per heavy atom. The van der Waals surface area contributed by atoms with Crippen LogP contribution in [0.25, 0.3) is 0 Å². The Hall–Kier alpha value is -1.78. The van der Waals surface area contributed by atoms with Crippen molar-refractivity contribution >= 4 is 35.8 Å². The number of hydrogen-bond acceptors (Lipinski definition) is 14. The molecule has 0 spiro atoms. The molecule has 0 aliphatic heterocycles. The first kappa shape index (κ1) is 37.9. The van der Waals surface area contributed by atoms with Crippen molar-refractivity contribution in [2.75, 3.05) is 0 Å². The number of aliphatic hydroxyl groups is 2. The molecule has 2 N–H and O–H groups in total. The topological polar surface area (TPSA) is 281 Å². The Labute approximate surface area is 191 Å². The molecule has 0 fully saturated rings. The predicted octanol–water partition coefficient (Wildman–Crippen LogP) is -10.5. The average molecular weight is 554 g/mol. The summed E-state index contributed by atoms with van der Waals surface area (Å²) in [5.74, 6) is -12.0. The molecule has 0 unspecified atom stereocenters. The standard InChI is InChI=1S/2C6H8O7.3Ni/c2*7-3(8)1-6(13,5(11)12)2-4(9)10;;;/h2*13H,1-2H2,(H,7,8)(H,9,10)(H,11,12);;;/q;;3*+2/p-6. The zero-order valence-corrected chi connectivity index (χ0v) is 16.5. The zero-order chi connectivity index (χ0) is 21.3. The number of carbonyl (C=O) groups excluding carboxylic acids is 6. The Balaban J connectivity index is -0.000000120. The Morgan fingerprint density at radius 2 is 0.621 bits per heavy atom. The molecule has 0 aliphatic rings. The summed E-state index contributed by atoms with van der Waals surface area (Å²) in [6.45, 7) is 0. The molecule has 0 atom stereocenters. The van der Waals surface area contributed by atoms with Gasteiger partial charge >= 0.3 is 49.5 Å². The summed E-state index contributed by atoms with van der Waals surface area (Å²) in [4.78, 5) is 60.0. The monoisotopic (exact) mass is 552 g/mol. The second-order valence-electron chi connectivity index (χ2n) is 4.83. The Bertz CT molecular complexity index is 521. The second kappa shape index (κ2) is 16.1. The summed E-state index contributed by atoms with van der Waals surface area (Å²) in [6.07, 6.45) is -5.43. The van der Waals surface area contributed by atoms with Crippen LogP contribution in [0.4, 0.5) is 0 Å². The molecule has 0 rings (SSSR count). The first-order chi connectivity index (χ1) is 11.6. The third-order valence-corrected chi connectivity index (χ3v) is 2.51. The van der Waals surface area contributed by atoms with E-state index < -0.39 is 72.7 Å². The average Bonchev–Trinajstić information content (AvgIpc) is 2.34. The largest absolute Gasteiger partial charge is 2.00 e. The van der Waals surface area contributed by atoms with Gasteiger partial charge in [0.15, 0.2) is 0 Å². The van der Waals surface area contributed by atoms with Gasteiger partial charge in [-0.1, -0.05) is 0 Å². The van der Waals surface area contributed by atoms with Gasteiger partial charge in [-0.25, -0.2) is 0 Å². The summed E-state index contributed by atoms with van der Waals surface area (Å²) in [5, 5.41) is 77.9. The fourth-order valence-corrected chi connectivity index (χ4v) is 1.37. The summed E-state index contributed by atoms with van der Waals surface area (Å²) in [5.41, 5.74) is -5.95. The van der Waals surface area contributed by atoms with Crippen molar-refractivity contribution < 1.29 is 119 Å². The van der Waals surface area contributed by atoms with E-state index in [9.17, 15) is 59.4 Å². The summed E-state index contributed by atoms with van der Waals surface area (Å²) < 4.78 is 0. The van der Waals surface area contributed by atoms with Gasteiger partial charge in [0.2, 0.25) is 0 Å². The molecule has 0 bridgehead atoms. The van der Waals surface area contributed by atoms with E-state index >= 15 is 0 Å². The molecule has 0 aromatic carbocycles. The first-order valence-electron chi connectivity index (χ1n) is 6.23. The van der Waals surface area contributed by atoms with Gasteiger partial charge in [-0.05, 0) is 0 Å². The summed E-state index contributed by atoms with van der Waals surface area (Å²) >= 11 is 0. The SMILES string of the molecule is O=C([O-])CC(O)(CC(=O)[O-])C(=O)[O-].O=C([O-])CC(O)(CC(=O)[O-])C(=O)[O-].[Ni+2].[Ni+2].[Ni+2]. The third kappa shape index (κ3) is 16.8. The van der Waals surface area contributed by atoms with E-state index in [0.717, 1.165) is 0 Å². The number of hydrogen-bond donors (Lipinski definition) is 2. The summed E-state index contributed by atoms with van der Waals surface area (Å²) in [7, 11) is 0. The molecule has 17 heteroatoms. The van der Waals surface area contributed by atoms with Crippen LogP contribution >= 0.6 is 0 Å². The van der Waals surface area contributed by atoms with Crippen molar-refractivity contribution in [2.24, 2.45) is 0 Å². The van der Waals surface area contributed by atoms with E-state index in [1.54, 1.807) is 0 Å². The zero-order valence-electron chi connectivity index (χ0n) is 13.6. The van der Waals surface area contributed by atoms with E-state index in [4.69, 9.17) is 10.2 Å². The van der Waals surface area contributed by atoms with Gasteiger partial charge < -0.3 is 69.6 Å². The second-order valence-corrected chi connectivity index (χ2v) is 4.83. The van der Waals surface area contributed by atoms with Gasteiger partial charge in [0.25, 0.3) is 0 Å². The molecule has 172 valence electrons. The molecule has 0 radical (unpaired) electrons. The molecular formula is C12H10Ni3O14. The first-order valence-corrected chi connectivity index (χ1v) is 6.23.